The molecular weight excluding hydrogens is 268 g/mol. The lowest BCUT2D eigenvalue weighted by molar-refractivity contribution is -0.385. The predicted octanol–water partition coefficient (Wildman–Crippen LogP) is 2.69. The molecule has 0 radical (unpaired) electrons. The van der Waals surface area contributed by atoms with Crippen LogP contribution in [0.3, 0.4) is 0 Å². The van der Waals surface area contributed by atoms with E-state index in [1.54, 1.807) is 19.9 Å². The Kier molecular flexibility index (Phi) is 3.38. The summed E-state index contributed by atoms with van der Waals surface area (Å²) in [6.07, 6.45) is 0.638. The molecule has 0 saturated carbocycles. The first-order chi connectivity index (χ1) is 9.38. The zero-order valence-corrected chi connectivity index (χ0v) is 10.6. The second-order valence-electron chi connectivity index (χ2n) is 4.07. The van der Waals surface area contributed by atoms with Gasteiger partial charge in [0.1, 0.15) is 12.0 Å². The van der Waals surface area contributed by atoms with E-state index in [0.29, 0.717) is 11.1 Å². The van der Waals surface area contributed by atoms with Gasteiger partial charge in [-0.25, -0.2) is 4.79 Å². The van der Waals surface area contributed by atoms with E-state index in [1.165, 1.54) is 6.07 Å². The number of rotatable bonds is 4. The molecule has 104 valence electrons. The molecular formula is C12H10N2O6. The fourth-order valence-corrected chi connectivity index (χ4v) is 1.62. The number of oxazole rings is 1. The zero-order valence-electron chi connectivity index (χ0n) is 10.6. The molecule has 0 aliphatic heterocycles. The number of nitro benzene ring substituents is 1. The van der Waals surface area contributed by atoms with Gasteiger partial charge in [0.15, 0.2) is 5.69 Å². The standard InChI is InChI=1S/C12H10N2O6/c1-6-3-7(2)10(4-9(6)14(17)18)20-12-13-8(5-19-12)11(15)16/h3-5H,1-2H3,(H,15,16). The number of carbonyl (C=O) groups is 1. The predicted molar refractivity (Wildman–Crippen MR) is 66.1 cm³/mol. The first-order valence-corrected chi connectivity index (χ1v) is 5.51. The molecule has 0 bridgehead atoms. The van der Waals surface area contributed by atoms with Gasteiger partial charge in [0.25, 0.3) is 5.69 Å². The summed E-state index contributed by atoms with van der Waals surface area (Å²) in [6, 6.07) is 2.84. The van der Waals surface area contributed by atoms with Crippen molar-refractivity contribution < 1.29 is 24.0 Å². The Morgan fingerprint density at radius 2 is 2.10 bits per heavy atom. The fraction of sp³-hybridized carbons (Fsp3) is 0.167. The minimum Gasteiger partial charge on any atom is -0.476 e. The number of nitrogens with zero attached hydrogens (tertiary/aromatic N) is 2. The monoisotopic (exact) mass is 278 g/mol. The van der Waals surface area contributed by atoms with E-state index in [9.17, 15) is 14.9 Å². The largest absolute Gasteiger partial charge is 0.476 e. The van der Waals surface area contributed by atoms with Crippen molar-refractivity contribution in [3.8, 4) is 11.8 Å². The van der Waals surface area contributed by atoms with Crippen LogP contribution in [-0.4, -0.2) is 21.0 Å². The van der Waals surface area contributed by atoms with Crippen molar-refractivity contribution >= 4 is 11.7 Å². The summed E-state index contributed by atoms with van der Waals surface area (Å²) in [6.45, 7) is 3.32. The Bertz CT molecular complexity index is 691. The molecule has 0 fully saturated rings. The van der Waals surface area contributed by atoms with Crippen LogP contribution in [0.2, 0.25) is 0 Å². The van der Waals surface area contributed by atoms with E-state index >= 15 is 0 Å². The van der Waals surface area contributed by atoms with Gasteiger partial charge in [-0.2, -0.15) is 4.98 Å². The van der Waals surface area contributed by atoms with Crippen LogP contribution < -0.4 is 4.74 Å². The number of aryl methyl sites for hydroxylation is 2. The number of hydrogen-bond acceptors (Lipinski definition) is 6. The van der Waals surface area contributed by atoms with Crippen LogP contribution in [-0.2, 0) is 0 Å². The molecule has 0 saturated heterocycles. The van der Waals surface area contributed by atoms with E-state index in [1.807, 2.05) is 0 Å². The van der Waals surface area contributed by atoms with Gasteiger partial charge >= 0.3 is 12.0 Å². The number of carboxylic acids is 1. The average molecular weight is 278 g/mol. The van der Waals surface area contributed by atoms with E-state index in [-0.39, 0.29) is 23.2 Å². The van der Waals surface area contributed by atoms with Gasteiger partial charge in [0, 0.05) is 5.56 Å². The normalized spacial score (nSPS) is 10.3. The molecule has 1 N–H and O–H groups in total. The summed E-state index contributed by atoms with van der Waals surface area (Å²) in [5, 5.41) is 19.6. The van der Waals surface area contributed by atoms with E-state index in [4.69, 9.17) is 14.3 Å². The van der Waals surface area contributed by atoms with Crippen molar-refractivity contribution in [3.63, 3.8) is 0 Å². The minimum absolute atomic E-state index is 0.101. The highest BCUT2D eigenvalue weighted by atomic mass is 16.6. The number of hydrogen-bond donors (Lipinski definition) is 1. The molecule has 0 unspecified atom stereocenters. The van der Waals surface area contributed by atoms with Crippen LogP contribution in [0.25, 0.3) is 0 Å². The Balaban J connectivity index is 2.35. The van der Waals surface area contributed by atoms with Crippen molar-refractivity contribution in [1.82, 2.24) is 4.98 Å². The van der Waals surface area contributed by atoms with Gasteiger partial charge < -0.3 is 14.3 Å². The lowest BCUT2D eigenvalue weighted by Gasteiger charge is -2.06. The first kappa shape index (κ1) is 13.5. The molecule has 0 spiro atoms. The first-order valence-electron chi connectivity index (χ1n) is 5.51. The SMILES string of the molecule is Cc1cc(C)c([N+](=O)[O-])cc1Oc1nc(C(=O)O)co1. The van der Waals surface area contributed by atoms with Crippen molar-refractivity contribution in [2.24, 2.45) is 0 Å². The number of nitro groups is 1. The van der Waals surface area contributed by atoms with Gasteiger partial charge in [0.2, 0.25) is 0 Å². The molecule has 1 heterocycles. The van der Waals surface area contributed by atoms with Crippen LogP contribution in [0.15, 0.2) is 22.8 Å². The van der Waals surface area contributed by atoms with Crippen molar-refractivity contribution in [2.75, 3.05) is 0 Å². The summed E-state index contributed by atoms with van der Waals surface area (Å²) in [4.78, 5) is 24.6. The quantitative estimate of drug-likeness (QED) is 0.675. The van der Waals surface area contributed by atoms with E-state index in [2.05, 4.69) is 4.98 Å². The topological polar surface area (TPSA) is 116 Å². The summed E-state index contributed by atoms with van der Waals surface area (Å²) in [5.74, 6) is -1.07. The highest BCUT2D eigenvalue weighted by Gasteiger charge is 2.17. The second-order valence-corrected chi connectivity index (χ2v) is 4.07. The smallest absolute Gasteiger partial charge is 0.399 e. The van der Waals surface area contributed by atoms with Gasteiger partial charge in [-0.3, -0.25) is 10.1 Å². The van der Waals surface area contributed by atoms with Crippen molar-refractivity contribution in [1.29, 1.82) is 0 Å². The molecule has 0 aliphatic rings. The molecule has 8 heteroatoms. The summed E-state index contributed by atoms with van der Waals surface area (Å²) >= 11 is 0. The highest BCUT2D eigenvalue weighted by Crippen LogP contribution is 2.31. The fourth-order valence-electron chi connectivity index (χ4n) is 1.62. The molecule has 1 aromatic carbocycles. The van der Waals surface area contributed by atoms with Crippen molar-refractivity contribution in [3.05, 3.63) is 45.3 Å². The average Bonchev–Trinajstić information content (AvgIpc) is 2.80. The Hall–Kier alpha value is -2.90. The lowest BCUT2D eigenvalue weighted by Crippen LogP contribution is -1.97. The highest BCUT2D eigenvalue weighted by molar-refractivity contribution is 5.84. The van der Waals surface area contributed by atoms with E-state index in [0.717, 1.165) is 6.26 Å². The maximum absolute atomic E-state index is 10.9. The van der Waals surface area contributed by atoms with Crippen LogP contribution >= 0.6 is 0 Å². The Labute approximate surface area is 112 Å². The number of aromatic nitrogens is 1. The molecule has 0 amide bonds. The summed E-state index contributed by atoms with van der Waals surface area (Å²) in [5.41, 5.74) is 0.733. The number of carboxylic acid groups (broad SMARTS) is 1. The molecule has 0 aliphatic carbocycles. The molecule has 8 nitrogen and oxygen atoms in total. The molecule has 1 aromatic heterocycles. The Morgan fingerprint density at radius 3 is 2.65 bits per heavy atom. The molecule has 2 rings (SSSR count). The number of ether oxygens (including phenoxy) is 1. The maximum atomic E-state index is 10.9. The molecule has 2 aromatic rings. The summed E-state index contributed by atoms with van der Waals surface area (Å²) in [7, 11) is 0. The minimum atomic E-state index is -1.25. The second kappa shape index (κ2) is 5.00. The third-order valence-corrected chi connectivity index (χ3v) is 2.59. The Morgan fingerprint density at radius 1 is 1.40 bits per heavy atom. The van der Waals surface area contributed by atoms with Crippen LogP contribution in [0.4, 0.5) is 5.69 Å². The lowest BCUT2D eigenvalue weighted by atomic mass is 10.1. The van der Waals surface area contributed by atoms with Crippen LogP contribution in [0.1, 0.15) is 21.6 Å². The van der Waals surface area contributed by atoms with Gasteiger partial charge in [-0.15, -0.1) is 0 Å². The number of benzene rings is 1. The maximum Gasteiger partial charge on any atom is 0.399 e. The van der Waals surface area contributed by atoms with Gasteiger partial charge in [-0.1, -0.05) is 0 Å². The van der Waals surface area contributed by atoms with Gasteiger partial charge in [0.05, 0.1) is 11.0 Å². The van der Waals surface area contributed by atoms with Crippen LogP contribution in [0.5, 0.6) is 11.8 Å². The molecule has 0 atom stereocenters. The van der Waals surface area contributed by atoms with Crippen molar-refractivity contribution in [2.45, 2.75) is 13.8 Å². The van der Waals surface area contributed by atoms with Crippen LogP contribution in [0, 0.1) is 24.0 Å². The van der Waals surface area contributed by atoms with E-state index < -0.39 is 10.9 Å². The summed E-state index contributed by atoms with van der Waals surface area (Å²) < 4.78 is 10.1. The zero-order chi connectivity index (χ0) is 14.9. The number of aromatic carboxylic acids is 1. The van der Waals surface area contributed by atoms with Gasteiger partial charge in [-0.05, 0) is 25.5 Å². The molecule has 20 heavy (non-hydrogen) atoms. The third kappa shape index (κ3) is 2.58. The third-order valence-electron chi connectivity index (χ3n) is 2.59.